The maximum atomic E-state index is 12.9. The highest BCUT2D eigenvalue weighted by Gasteiger charge is 2.26. The maximum Gasteiger partial charge on any atom is 0.271 e. The number of halogens is 2. The molecule has 0 aliphatic rings. The molecule has 3 heteroatoms. The lowest BCUT2D eigenvalue weighted by atomic mass is 10.0. The van der Waals surface area contributed by atoms with Gasteiger partial charge in [0.05, 0.1) is 0 Å². The molecule has 0 saturated carbocycles. The Morgan fingerprint density at radius 1 is 1.38 bits per heavy atom. The van der Waals surface area contributed by atoms with Crippen LogP contribution in [0.3, 0.4) is 0 Å². The molecule has 1 aromatic rings. The van der Waals surface area contributed by atoms with Crippen LogP contribution in [-0.4, -0.2) is 6.29 Å². The highest BCUT2D eigenvalue weighted by molar-refractivity contribution is 5.78. The Balaban J connectivity index is 3.29. The summed E-state index contributed by atoms with van der Waals surface area (Å²) < 4.78 is 25.7. The number of aldehydes is 1. The van der Waals surface area contributed by atoms with Gasteiger partial charge < -0.3 is 0 Å². The highest BCUT2D eigenvalue weighted by Crippen LogP contribution is 2.29. The number of carbonyl (C=O) groups is 1. The summed E-state index contributed by atoms with van der Waals surface area (Å²) >= 11 is 0. The van der Waals surface area contributed by atoms with E-state index in [-0.39, 0.29) is 11.1 Å². The second-order valence-electron chi connectivity index (χ2n) is 3.10. The molecular formula is C10H10F2O. The fourth-order valence-corrected chi connectivity index (χ4v) is 1.18. The number of benzene rings is 1. The van der Waals surface area contributed by atoms with Crippen molar-refractivity contribution in [2.75, 3.05) is 0 Å². The molecule has 0 aromatic heterocycles. The Kier molecular flexibility index (Phi) is 2.45. The first-order chi connectivity index (χ1) is 5.95. The zero-order valence-corrected chi connectivity index (χ0v) is 7.47. The third-order valence-corrected chi connectivity index (χ3v) is 1.81. The van der Waals surface area contributed by atoms with Crippen LogP contribution < -0.4 is 0 Å². The van der Waals surface area contributed by atoms with Crippen molar-refractivity contribution in [1.82, 2.24) is 0 Å². The molecule has 0 aliphatic heterocycles. The van der Waals surface area contributed by atoms with Crippen molar-refractivity contribution in [1.29, 1.82) is 0 Å². The van der Waals surface area contributed by atoms with Crippen molar-refractivity contribution in [2.24, 2.45) is 0 Å². The van der Waals surface area contributed by atoms with E-state index in [0.717, 1.165) is 12.5 Å². The number of carbonyl (C=O) groups excluding carboxylic acids is 1. The van der Waals surface area contributed by atoms with Crippen LogP contribution in [0.15, 0.2) is 18.2 Å². The topological polar surface area (TPSA) is 17.1 Å². The van der Waals surface area contributed by atoms with Gasteiger partial charge in [0, 0.05) is 18.1 Å². The number of rotatable bonds is 2. The van der Waals surface area contributed by atoms with Crippen LogP contribution >= 0.6 is 0 Å². The number of alkyl halides is 2. The Hall–Kier alpha value is -1.25. The molecule has 0 bridgehead atoms. The first-order valence-electron chi connectivity index (χ1n) is 3.89. The molecule has 0 amide bonds. The van der Waals surface area contributed by atoms with E-state index in [1.807, 2.05) is 0 Å². The van der Waals surface area contributed by atoms with Crippen molar-refractivity contribution >= 4 is 6.29 Å². The molecular weight excluding hydrogens is 174 g/mol. The van der Waals surface area contributed by atoms with E-state index in [9.17, 15) is 13.6 Å². The maximum absolute atomic E-state index is 12.9. The lowest BCUT2D eigenvalue weighted by Crippen LogP contribution is -2.10. The molecule has 0 radical (unpaired) electrons. The summed E-state index contributed by atoms with van der Waals surface area (Å²) in [4.78, 5) is 10.5. The zero-order chi connectivity index (χ0) is 10.1. The van der Waals surface area contributed by atoms with Crippen LogP contribution in [0.1, 0.15) is 28.4 Å². The molecule has 0 fully saturated rings. The van der Waals surface area contributed by atoms with Gasteiger partial charge in [-0.25, -0.2) is 8.78 Å². The minimum Gasteiger partial charge on any atom is -0.298 e. The summed E-state index contributed by atoms with van der Waals surface area (Å²) in [5.74, 6) is -2.95. The van der Waals surface area contributed by atoms with E-state index in [2.05, 4.69) is 0 Å². The molecule has 0 unspecified atom stereocenters. The van der Waals surface area contributed by atoms with Crippen molar-refractivity contribution in [3.05, 3.63) is 34.9 Å². The Morgan fingerprint density at radius 3 is 2.46 bits per heavy atom. The minimum absolute atomic E-state index is 0.0625. The van der Waals surface area contributed by atoms with Gasteiger partial charge in [-0.2, -0.15) is 0 Å². The van der Waals surface area contributed by atoms with Gasteiger partial charge in [-0.15, -0.1) is 0 Å². The first kappa shape index (κ1) is 9.84. The van der Waals surface area contributed by atoms with Crippen LogP contribution in [0, 0.1) is 6.92 Å². The van der Waals surface area contributed by atoms with E-state index in [1.54, 1.807) is 13.0 Å². The van der Waals surface area contributed by atoms with Gasteiger partial charge in [0.2, 0.25) is 0 Å². The quantitative estimate of drug-likeness (QED) is 0.646. The lowest BCUT2D eigenvalue weighted by molar-refractivity contribution is 0.0167. The minimum atomic E-state index is -2.95. The Labute approximate surface area is 75.4 Å². The molecule has 13 heavy (non-hydrogen) atoms. The fraction of sp³-hybridized carbons (Fsp3) is 0.300. The van der Waals surface area contributed by atoms with Crippen LogP contribution in [0.25, 0.3) is 0 Å². The molecule has 0 N–H and O–H groups in total. The van der Waals surface area contributed by atoms with E-state index in [4.69, 9.17) is 0 Å². The van der Waals surface area contributed by atoms with Crippen LogP contribution in [0.2, 0.25) is 0 Å². The molecule has 1 nitrogen and oxygen atoms in total. The lowest BCUT2D eigenvalue weighted by Gasteiger charge is -2.12. The zero-order valence-electron chi connectivity index (χ0n) is 7.47. The number of hydrogen-bond acceptors (Lipinski definition) is 1. The van der Waals surface area contributed by atoms with Gasteiger partial charge in [0.25, 0.3) is 5.92 Å². The normalized spacial score (nSPS) is 11.4. The molecule has 0 saturated heterocycles. The average Bonchev–Trinajstić information content (AvgIpc) is 2.01. The first-order valence-corrected chi connectivity index (χ1v) is 3.89. The second-order valence-corrected chi connectivity index (χ2v) is 3.10. The number of hydrogen-bond donors (Lipinski definition) is 0. The molecule has 0 spiro atoms. The second kappa shape index (κ2) is 3.24. The van der Waals surface area contributed by atoms with Crippen LogP contribution in [0.4, 0.5) is 8.78 Å². The van der Waals surface area contributed by atoms with Gasteiger partial charge in [0.1, 0.15) is 0 Å². The molecule has 1 rings (SSSR count). The summed E-state index contributed by atoms with van der Waals surface area (Å²) in [6.45, 7) is 2.54. The monoisotopic (exact) mass is 184 g/mol. The predicted octanol–water partition coefficient (Wildman–Crippen LogP) is 2.92. The SMILES string of the molecule is Cc1ccc(C(C)(F)F)c(C=O)c1. The summed E-state index contributed by atoms with van der Waals surface area (Å²) in [6, 6.07) is 4.32. The summed E-state index contributed by atoms with van der Waals surface area (Å²) in [7, 11) is 0. The smallest absolute Gasteiger partial charge is 0.271 e. The fourth-order valence-electron chi connectivity index (χ4n) is 1.18. The van der Waals surface area contributed by atoms with Crippen molar-refractivity contribution in [2.45, 2.75) is 19.8 Å². The highest BCUT2D eigenvalue weighted by atomic mass is 19.3. The van der Waals surface area contributed by atoms with Gasteiger partial charge in [-0.3, -0.25) is 4.79 Å². The molecule has 0 atom stereocenters. The molecule has 70 valence electrons. The molecule has 0 aliphatic carbocycles. The summed E-state index contributed by atoms with van der Waals surface area (Å²) in [5.41, 5.74) is 0.649. The van der Waals surface area contributed by atoms with Crippen LogP contribution in [-0.2, 0) is 5.92 Å². The third-order valence-electron chi connectivity index (χ3n) is 1.81. The van der Waals surface area contributed by atoms with E-state index in [1.165, 1.54) is 12.1 Å². The number of aryl methyl sites for hydroxylation is 1. The van der Waals surface area contributed by atoms with E-state index in [0.29, 0.717) is 6.29 Å². The van der Waals surface area contributed by atoms with Crippen LogP contribution in [0.5, 0.6) is 0 Å². The van der Waals surface area contributed by atoms with Gasteiger partial charge in [-0.1, -0.05) is 17.7 Å². The largest absolute Gasteiger partial charge is 0.298 e. The van der Waals surface area contributed by atoms with E-state index >= 15 is 0 Å². The molecule has 0 heterocycles. The average molecular weight is 184 g/mol. The summed E-state index contributed by atoms with van der Waals surface area (Å²) in [5, 5.41) is 0. The third kappa shape index (κ3) is 2.11. The van der Waals surface area contributed by atoms with Crippen molar-refractivity contribution in [3.63, 3.8) is 0 Å². The standard InChI is InChI=1S/C10H10F2O/c1-7-3-4-9(10(2,11)12)8(5-7)6-13/h3-6H,1-2H3. The van der Waals surface area contributed by atoms with Crippen molar-refractivity contribution < 1.29 is 13.6 Å². The van der Waals surface area contributed by atoms with Gasteiger partial charge in [0.15, 0.2) is 6.29 Å². The van der Waals surface area contributed by atoms with Gasteiger partial charge >= 0.3 is 0 Å². The van der Waals surface area contributed by atoms with Gasteiger partial charge in [-0.05, 0) is 13.0 Å². The van der Waals surface area contributed by atoms with E-state index < -0.39 is 5.92 Å². The molecule has 1 aromatic carbocycles. The van der Waals surface area contributed by atoms with Crippen molar-refractivity contribution in [3.8, 4) is 0 Å². The Morgan fingerprint density at radius 2 is 2.00 bits per heavy atom. The summed E-state index contributed by atoms with van der Waals surface area (Å²) in [6.07, 6.45) is 0.458. The Bertz CT molecular complexity index is 326. The predicted molar refractivity (Wildman–Crippen MR) is 46.1 cm³/mol.